The number of imide groups is 1. The van der Waals surface area contributed by atoms with Crippen molar-refractivity contribution in [3.05, 3.63) is 28.4 Å². The third-order valence-corrected chi connectivity index (χ3v) is 3.92. The third kappa shape index (κ3) is 2.22. The van der Waals surface area contributed by atoms with E-state index in [1.165, 1.54) is 4.90 Å². The van der Waals surface area contributed by atoms with Crippen LogP contribution in [-0.2, 0) is 11.8 Å². The lowest BCUT2D eigenvalue weighted by Crippen LogP contribution is -2.28. The van der Waals surface area contributed by atoms with Crippen LogP contribution in [0.3, 0.4) is 0 Å². The highest BCUT2D eigenvalue weighted by Gasteiger charge is 2.34. The highest BCUT2D eigenvalue weighted by Crippen LogP contribution is 2.32. The highest BCUT2D eigenvalue weighted by atomic mass is 32.2. The molecule has 0 radical (unpaired) electrons. The minimum absolute atomic E-state index is 0.168. The van der Waals surface area contributed by atoms with Crippen molar-refractivity contribution in [2.24, 2.45) is 7.05 Å². The van der Waals surface area contributed by atoms with Gasteiger partial charge in [0.15, 0.2) is 0 Å². The average Bonchev–Trinajstić information content (AvgIpc) is 2.78. The van der Waals surface area contributed by atoms with E-state index in [-0.39, 0.29) is 11.1 Å². The van der Waals surface area contributed by atoms with Gasteiger partial charge in [-0.05, 0) is 43.3 Å². The van der Waals surface area contributed by atoms with E-state index in [9.17, 15) is 9.59 Å². The Hall–Kier alpha value is -1.49. The van der Waals surface area contributed by atoms with Crippen LogP contribution in [0.5, 0.6) is 0 Å². The molecule has 1 aliphatic rings. The zero-order valence-electron chi connectivity index (χ0n) is 10.8. The maximum Gasteiger partial charge on any atom is 0.293 e. The standard InChI is InChI=1S/C13H16N2O2S/c1-4-7-15-12(16)11(18-13(15)17)8-10-6-5-9(2)14(10)3/h5-6,8H,4,7H2,1-3H3/b11-8-. The predicted octanol–water partition coefficient (Wildman–Crippen LogP) is 2.78. The Morgan fingerprint density at radius 1 is 1.33 bits per heavy atom. The number of carbonyl (C=O) groups excluding carboxylic acids is 2. The number of nitrogens with zero attached hydrogens (tertiary/aromatic N) is 2. The molecule has 0 bridgehead atoms. The second-order valence-electron chi connectivity index (χ2n) is 4.29. The minimum atomic E-state index is -0.175. The van der Waals surface area contributed by atoms with Crippen molar-refractivity contribution < 1.29 is 9.59 Å². The Kier molecular flexibility index (Phi) is 3.61. The predicted molar refractivity (Wildman–Crippen MR) is 73.1 cm³/mol. The van der Waals surface area contributed by atoms with E-state index in [2.05, 4.69) is 0 Å². The lowest BCUT2D eigenvalue weighted by Gasteiger charge is -2.09. The number of hydrogen-bond donors (Lipinski definition) is 0. The summed E-state index contributed by atoms with van der Waals surface area (Å²) in [5.74, 6) is -0.175. The zero-order chi connectivity index (χ0) is 13.3. The number of amides is 2. The minimum Gasteiger partial charge on any atom is -0.348 e. The molecule has 1 aliphatic heterocycles. The maximum atomic E-state index is 12.0. The van der Waals surface area contributed by atoms with E-state index < -0.39 is 0 Å². The molecule has 0 unspecified atom stereocenters. The molecule has 96 valence electrons. The van der Waals surface area contributed by atoms with Gasteiger partial charge in [-0.15, -0.1) is 0 Å². The summed E-state index contributed by atoms with van der Waals surface area (Å²) in [6.07, 6.45) is 2.57. The van der Waals surface area contributed by atoms with Gasteiger partial charge in [0.25, 0.3) is 11.1 Å². The van der Waals surface area contributed by atoms with Crippen molar-refractivity contribution in [3.63, 3.8) is 0 Å². The van der Waals surface area contributed by atoms with Crippen molar-refractivity contribution in [3.8, 4) is 0 Å². The molecule has 0 saturated carbocycles. The van der Waals surface area contributed by atoms with Gasteiger partial charge >= 0.3 is 0 Å². The van der Waals surface area contributed by atoms with Crippen molar-refractivity contribution in [1.29, 1.82) is 0 Å². The van der Waals surface area contributed by atoms with Crippen molar-refractivity contribution in [1.82, 2.24) is 9.47 Å². The molecule has 0 N–H and O–H groups in total. The van der Waals surface area contributed by atoms with E-state index in [1.54, 1.807) is 6.08 Å². The van der Waals surface area contributed by atoms with Crippen molar-refractivity contribution in [2.75, 3.05) is 6.54 Å². The summed E-state index contributed by atoms with van der Waals surface area (Å²) >= 11 is 1.02. The van der Waals surface area contributed by atoms with E-state index >= 15 is 0 Å². The number of thioether (sulfide) groups is 1. The first-order valence-corrected chi connectivity index (χ1v) is 6.74. The Morgan fingerprint density at radius 2 is 2.06 bits per heavy atom. The van der Waals surface area contributed by atoms with Gasteiger partial charge in [-0.25, -0.2) is 0 Å². The molecule has 1 aromatic heterocycles. The average molecular weight is 264 g/mol. The second-order valence-corrected chi connectivity index (χ2v) is 5.29. The molecule has 1 fully saturated rings. The number of carbonyl (C=O) groups is 2. The lowest BCUT2D eigenvalue weighted by molar-refractivity contribution is -0.122. The zero-order valence-corrected chi connectivity index (χ0v) is 11.6. The van der Waals surface area contributed by atoms with Gasteiger partial charge < -0.3 is 4.57 Å². The number of hydrogen-bond acceptors (Lipinski definition) is 3. The monoisotopic (exact) mass is 264 g/mol. The summed E-state index contributed by atoms with van der Waals surface area (Å²) in [6.45, 7) is 4.45. The largest absolute Gasteiger partial charge is 0.348 e. The SMILES string of the molecule is CCCN1C(=O)S/C(=C\c2ccc(C)n2C)C1=O. The van der Waals surface area contributed by atoms with E-state index in [0.717, 1.165) is 29.6 Å². The molecule has 4 nitrogen and oxygen atoms in total. The molecule has 2 heterocycles. The van der Waals surface area contributed by atoms with Crippen LogP contribution < -0.4 is 0 Å². The van der Waals surface area contributed by atoms with Crippen molar-refractivity contribution in [2.45, 2.75) is 20.3 Å². The van der Waals surface area contributed by atoms with Gasteiger partial charge in [-0.3, -0.25) is 14.5 Å². The quantitative estimate of drug-likeness (QED) is 0.788. The lowest BCUT2D eigenvalue weighted by atomic mass is 10.3. The summed E-state index contributed by atoms with van der Waals surface area (Å²) < 4.78 is 1.99. The fourth-order valence-corrected chi connectivity index (χ4v) is 2.68. The third-order valence-electron chi connectivity index (χ3n) is 3.01. The smallest absolute Gasteiger partial charge is 0.293 e. The first-order valence-electron chi connectivity index (χ1n) is 5.92. The molecular weight excluding hydrogens is 248 g/mol. The number of rotatable bonds is 3. The molecule has 2 amide bonds. The molecule has 1 aromatic rings. The van der Waals surface area contributed by atoms with E-state index in [4.69, 9.17) is 0 Å². The van der Waals surface area contributed by atoms with Crippen LogP contribution in [0.4, 0.5) is 4.79 Å². The fraction of sp³-hybridized carbons (Fsp3) is 0.385. The molecule has 5 heteroatoms. The first-order chi connectivity index (χ1) is 8.54. The summed E-state index contributed by atoms with van der Waals surface area (Å²) in [4.78, 5) is 25.5. The number of aromatic nitrogens is 1. The summed E-state index contributed by atoms with van der Waals surface area (Å²) in [6, 6.07) is 3.94. The van der Waals surface area contributed by atoms with Crippen LogP contribution in [0.1, 0.15) is 24.7 Å². The molecule has 0 spiro atoms. The molecule has 18 heavy (non-hydrogen) atoms. The van der Waals surface area contributed by atoms with E-state index in [0.29, 0.717) is 11.4 Å². The van der Waals surface area contributed by atoms with Crippen LogP contribution >= 0.6 is 11.8 Å². The molecule has 0 atom stereocenters. The second kappa shape index (κ2) is 5.02. The maximum absolute atomic E-state index is 12.0. The molecule has 2 rings (SSSR count). The molecule has 0 aromatic carbocycles. The molecule has 1 saturated heterocycles. The Labute approximate surface area is 111 Å². The van der Waals surface area contributed by atoms with Crippen LogP contribution in [0.2, 0.25) is 0 Å². The van der Waals surface area contributed by atoms with Gasteiger partial charge in [-0.1, -0.05) is 6.92 Å². The van der Waals surface area contributed by atoms with Gasteiger partial charge in [0.2, 0.25) is 0 Å². The van der Waals surface area contributed by atoms with Crippen LogP contribution in [-0.4, -0.2) is 27.2 Å². The topological polar surface area (TPSA) is 42.3 Å². The number of aryl methyl sites for hydroxylation is 1. The van der Waals surface area contributed by atoms with Crippen molar-refractivity contribution >= 4 is 29.0 Å². The van der Waals surface area contributed by atoms with Gasteiger partial charge in [0, 0.05) is 25.0 Å². The normalized spacial score (nSPS) is 18.2. The summed E-state index contributed by atoms with van der Waals surface area (Å²) in [5.41, 5.74) is 2.06. The fourth-order valence-electron chi connectivity index (χ4n) is 1.83. The van der Waals surface area contributed by atoms with Crippen LogP contribution in [0.15, 0.2) is 17.0 Å². The van der Waals surface area contributed by atoms with Gasteiger partial charge in [0.05, 0.1) is 4.91 Å². The Balaban J connectivity index is 2.28. The summed E-state index contributed by atoms with van der Waals surface area (Å²) in [5, 5.41) is -0.168. The van der Waals surface area contributed by atoms with Crippen LogP contribution in [0.25, 0.3) is 6.08 Å². The van der Waals surface area contributed by atoms with E-state index in [1.807, 2.05) is 37.6 Å². The van der Waals surface area contributed by atoms with Gasteiger partial charge in [0.1, 0.15) is 0 Å². The van der Waals surface area contributed by atoms with Crippen LogP contribution in [0, 0.1) is 6.92 Å². The Bertz CT molecular complexity index is 531. The highest BCUT2D eigenvalue weighted by molar-refractivity contribution is 8.18. The molecular formula is C13H16N2O2S. The Morgan fingerprint density at radius 3 is 2.61 bits per heavy atom. The summed E-state index contributed by atoms with van der Waals surface area (Å²) in [7, 11) is 1.94. The van der Waals surface area contributed by atoms with Gasteiger partial charge in [-0.2, -0.15) is 0 Å². The molecule has 0 aliphatic carbocycles. The first kappa shape index (κ1) is 13.0.